The monoisotopic (exact) mass is 466 g/mol. The van der Waals surface area contributed by atoms with Gasteiger partial charge in [0.2, 0.25) is 0 Å². The van der Waals surface area contributed by atoms with Crippen LogP contribution in [0.4, 0.5) is 9.59 Å². The Morgan fingerprint density at radius 2 is 1.12 bits per heavy atom. The topological polar surface area (TPSA) is 93.1 Å². The van der Waals surface area contributed by atoms with Crippen molar-refractivity contribution < 1.29 is 29.3 Å². The Hall–Kier alpha value is -0.760. The number of hydrogen-bond donors (Lipinski definition) is 2. The predicted octanol–water partition coefficient (Wildman–Crippen LogP) is 5.56. The van der Waals surface area contributed by atoms with Crippen molar-refractivity contribution >= 4 is 81.9 Å². The molecule has 2 aliphatic rings. The number of allylic oxidation sites excluding steroid dienone is 2. The Morgan fingerprint density at radius 1 is 0.800 bits per heavy atom. The van der Waals surface area contributed by atoms with E-state index in [-0.39, 0.29) is 32.7 Å². The molecule has 3 rings (SSSR count). The van der Waals surface area contributed by atoms with Gasteiger partial charge in [-0.1, -0.05) is 46.4 Å². The fourth-order valence-corrected chi connectivity index (χ4v) is 5.65. The quantitative estimate of drug-likeness (QED) is 0.335. The van der Waals surface area contributed by atoms with Gasteiger partial charge < -0.3 is 19.7 Å². The van der Waals surface area contributed by atoms with Crippen LogP contribution in [0.15, 0.2) is 22.2 Å². The number of rotatable bonds is 2. The molecule has 0 amide bonds. The molecular weight excluding hydrogens is 465 g/mol. The molecule has 2 N–H and O–H groups in total. The van der Waals surface area contributed by atoms with Crippen LogP contribution in [0.2, 0.25) is 0 Å². The summed E-state index contributed by atoms with van der Waals surface area (Å²) < 4.78 is 7.27. The number of halogens is 6. The van der Waals surface area contributed by atoms with Crippen molar-refractivity contribution in [2.24, 2.45) is 0 Å². The molecule has 0 fully saturated rings. The molecule has 12 heteroatoms. The van der Waals surface area contributed by atoms with Gasteiger partial charge >= 0.3 is 12.3 Å². The summed E-state index contributed by atoms with van der Waals surface area (Å²) >= 11 is 38.2. The molecule has 0 aromatic heterocycles. The van der Waals surface area contributed by atoms with Crippen LogP contribution in [0.1, 0.15) is 11.1 Å². The Balaban J connectivity index is 2.42. The number of benzene rings is 1. The van der Waals surface area contributed by atoms with Gasteiger partial charge in [-0.05, 0) is 12.1 Å². The van der Waals surface area contributed by atoms with Gasteiger partial charge in [-0.2, -0.15) is 0 Å². The van der Waals surface area contributed by atoms with E-state index in [9.17, 15) is 9.59 Å². The third-order valence-corrected chi connectivity index (χ3v) is 7.95. The molecule has 2 bridgehead atoms. The molecule has 1 aromatic carbocycles. The Bertz CT molecular complexity index is 800. The van der Waals surface area contributed by atoms with Crippen molar-refractivity contribution in [3.63, 3.8) is 0 Å². The molecule has 2 unspecified atom stereocenters. The standard InChI is InChI=1S/C13H4Cl6O6/c14-7-8(15)12(17)6-4(25-10(22)23)2-1-3(24-9(20)21)5(6)11(7,16)13(12,18)19/h1-2H,(H,20,21)(H,22,23). The molecule has 1 aromatic rings. The lowest BCUT2D eigenvalue weighted by atomic mass is 9.93. The zero-order chi connectivity index (χ0) is 18.9. The zero-order valence-corrected chi connectivity index (χ0v) is 16.0. The highest BCUT2D eigenvalue weighted by molar-refractivity contribution is 6.65. The Labute approximate surface area is 169 Å². The number of carbonyl (C=O) groups is 2. The maximum absolute atomic E-state index is 11.0. The van der Waals surface area contributed by atoms with Gasteiger partial charge in [-0.15, -0.1) is 23.2 Å². The van der Waals surface area contributed by atoms with E-state index in [4.69, 9.17) is 79.8 Å². The minimum Gasteiger partial charge on any atom is -0.449 e. The van der Waals surface area contributed by atoms with Crippen molar-refractivity contribution in [2.75, 3.05) is 0 Å². The van der Waals surface area contributed by atoms with Crippen molar-refractivity contribution in [1.29, 1.82) is 0 Å². The summed E-state index contributed by atoms with van der Waals surface area (Å²) in [5.74, 6) is -0.600. The summed E-state index contributed by atoms with van der Waals surface area (Å²) in [7, 11) is 0. The van der Waals surface area contributed by atoms with Crippen LogP contribution < -0.4 is 9.47 Å². The van der Waals surface area contributed by atoms with E-state index in [1.165, 1.54) is 0 Å². The summed E-state index contributed by atoms with van der Waals surface area (Å²) in [6, 6.07) is 2.22. The Kier molecular flexibility index (Phi) is 4.27. The van der Waals surface area contributed by atoms with Crippen LogP contribution in [0.5, 0.6) is 11.5 Å². The van der Waals surface area contributed by atoms with Gasteiger partial charge in [0.05, 0.1) is 10.1 Å². The SMILES string of the molecule is O=C(O)Oc1ccc(OC(=O)O)c2c1C1(Cl)C(Cl)=C(Cl)C2(Cl)C1(Cl)Cl. The molecule has 6 nitrogen and oxygen atoms in total. The second-order valence-corrected chi connectivity index (χ2v) is 8.28. The fourth-order valence-electron chi connectivity index (χ4n) is 2.96. The first-order chi connectivity index (χ1) is 11.4. The predicted molar refractivity (Wildman–Crippen MR) is 92.0 cm³/mol. The second-order valence-electron chi connectivity index (χ2n) is 5.07. The zero-order valence-electron chi connectivity index (χ0n) is 11.4. The smallest absolute Gasteiger partial charge is 0.449 e. The number of alkyl halides is 4. The van der Waals surface area contributed by atoms with Crippen molar-refractivity contribution in [3.8, 4) is 11.5 Å². The van der Waals surface area contributed by atoms with Crippen LogP contribution >= 0.6 is 69.6 Å². The first-order valence-corrected chi connectivity index (χ1v) is 8.48. The maximum Gasteiger partial charge on any atom is 0.511 e. The van der Waals surface area contributed by atoms with Crippen LogP contribution in [-0.2, 0) is 9.75 Å². The van der Waals surface area contributed by atoms with Crippen molar-refractivity contribution in [2.45, 2.75) is 14.1 Å². The lowest BCUT2D eigenvalue weighted by molar-refractivity contribution is 0.141. The lowest BCUT2D eigenvalue weighted by Crippen LogP contribution is -2.39. The van der Waals surface area contributed by atoms with Crippen molar-refractivity contribution in [1.82, 2.24) is 0 Å². The third kappa shape index (κ3) is 2.13. The fraction of sp³-hybridized carbons (Fsp3) is 0.231. The second kappa shape index (κ2) is 5.62. The van der Waals surface area contributed by atoms with Gasteiger partial charge in [-0.25, -0.2) is 9.59 Å². The van der Waals surface area contributed by atoms with Crippen LogP contribution in [0, 0.1) is 0 Å². The Morgan fingerprint density at radius 3 is 1.40 bits per heavy atom. The van der Waals surface area contributed by atoms with E-state index in [0.29, 0.717) is 0 Å². The van der Waals surface area contributed by atoms with Crippen LogP contribution in [-0.4, -0.2) is 26.9 Å². The van der Waals surface area contributed by atoms with E-state index < -0.39 is 26.4 Å². The first-order valence-electron chi connectivity index (χ1n) is 6.22. The normalized spacial score (nSPS) is 28.7. The van der Waals surface area contributed by atoms with Gasteiger partial charge in [-0.3, -0.25) is 0 Å². The van der Waals surface area contributed by atoms with Crippen LogP contribution in [0.25, 0.3) is 0 Å². The first kappa shape index (κ1) is 19.0. The highest BCUT2D eigenvalue weighted by Gasteiger charge is 2.79. The molecule has 0 saturated carbocycles. The molecule has 0 radical (unpaired) electrons. The summed E-state index contributed by atoms with van der Waals surface area (Å²) in [4.78, 5) is 18.0. The molecule has 0 heterocycles. The summed E-state index contributed by atoms with van der Waals surface area (Å²) in [6.45, 7) is 0. The molecule has 2 aliphatic carbocycles. The summed E-state index contributed by atoms with van der Waals surface area (Å²) in [5.41, 5.74) is -0.297. The third-order valence-electron chi connectivity index (χ3n) is 3.88. The molecule has 0 aliphatic heterocycles. The van der Waals surface area contributed by atoms with Gasteiger partial charge in [0.1, 0.15) is 21.2 Å². The van der Waals surface area contributed by atoms with Crippen LogP contribution in [0.3, 0.4) is 0 Å². The molecular formula is C13H4Cl6O6. The van der Waals surface area contributed by atoms with Gasteiger partial charge in [0.25, 0.3) is 0 Å². The lowest BCUT2D eigenvalue weighted by Gasteiger charge is -2.31. The summed E-state index contributed by atoms with van der Waals surface area (Å²) in [6.07, 6.45) is -3.33. The average molecular weight is 469 g/mol. The van der Waals surface area contributed by atoms with E-state index in [1.54, 1.807) is 0 Å². The highest BCUT2D eigenvalue weighted by Crippen LogP contribution is 2.79. The molecule has 134 valence electrons. The van der Waals surface area contributed by atoms with Crippen molar-refractivity contribution in [3.05, 3.63) is 33.3 Å². The average Bonchev–Trinajstić information content (AvgIpc) is 2.70. The molecule has 2 atom stereocenters. The van der Waals surface area contributed by atoms with Gasteiger partial charge in [0.15, 0.2) is 4.33 Å². The number of ether oxygens (including phenoxy) is 2. The minimum absolute atomic E-state index is 0.148. The van der Waals surface area contributed by atoms with E-state index in [0.717, 1.165) is 12.1 Å². The number of carboxylic acid groups (broad SMARTS) is 2. The van der Waals surface area contributed by atoms with E-state index >= 15 is 0 Å². The van der Waals surface area contributed by atoms with E-state index in [1.807, 2.05) is 0 Å². The maximum atomic E-state index is 11.0. The molecule has 0 saturated heterocycles. The number of hydrogen-bond acceptors (Lipinski definition) is 4. The molecule has 25 heavy (non-hydrogen) atoms. The largest absolute Gasteiger partial charge is 0.511 e. The molecule has 0 spiro atoms. The van der Waals surface area contributed by atoms with E-state index in [2.05, 4.69) is 9.47 Å². The summed E-state index contributed by atoms with van der Waals surface area (Å²) in [5, 5.41) is 17.3. The number of fused-ring (bicyclic) bond motifs is 5. The van der Waals surface area contributed by atoms with Gasteiger partial charge in [0, 0.05) is 11.1 Å². The highest BCUT2D eigenvalue weighted by atomic mass is 35.5. The minimum atomic E-state index is -2.10.